The van der Waals surface area contributed by atoms with Crippen LogP contribution in [0.25, 0.3) is 0 Å². The van der Waals surface area contributed by atoms with Crippen molar-refractivity contribution in [3.8, 4) is 0 Å². The molecule has 1 aromatic carbocycles. The minimum Gasteiger partial charge on any atom is -0.352 e. The fourth-order valence-electron chi connectivity index (χ4n) is 4.17. The van der Waals surface area contributed by atoms with E-state index in [1.807, 2.05) is 12.1 Å². The molecule has 1 atom stereocenters. The first-order valence-corrected chi connectivity index (χ1v) is 11.6. The molecule has 1 aliphatic heterocycles. The fourth-order valence-corrected chi connectivity index (χ4v) is 5.29. The maximum absolute atomic E-state index is 12.6. The largest absolute Gasteiger partial charge is 0.352 e. The first-order valence-electron chi connectivity index (χ1n) is 10.1. The van der Waals surface area contributed by atoms with Crippen LogP contribution in [-0.2, 0) is 16.6 Å². The average molecular weight is 408 g/mol. The number of rotatable bonds is 6. The van der Waals surface area contributed by atoms with Gasteiger partial charge >= 0.3 is 0 Å². The zero-order valence-corrected chi connectivity index (χ0v) is 18.0. The van der Waals surface area contributed by atoms with E-state index in [0.29, 0.717) is 17.5 Å². The number of nitrogens with one attached hydrogen (secondary N) is 2. The molecule has 1 saturated carbocycles. The lowest BCUT2D eigenvalue weighted by Gasteiger charge is -2.24. The predicted octanol–water partition coefficient (Wildman–Crippen LogP) is 1.62. The van der Waals surface area contributed by atoms with Crippen molar-refractivity contribution in [2.75, 3.05) is 34.2 Å². The molecular weight excluding hydrogens is 374 g/mol. The van der Waals surface area contributed by atoms with E-state index in [1.165, 1.54) is 30.0 Å². The summed E-state index contributed by atoms with van der Waals surface area (Å²) in [5.41, 5.74) is 0.734. The molecule has 0 radical (unpaired) electrons. The third-order valence-electron chi connectivity index (χ3n) is 5.80. The number of aliphatic imine (C=N–C) groups is 1. The molecule has 1 unspecified atom stereocenters. The third-order valence-corrected chi connectivity index (χ3v) is 7.72. The molecule has 156 valence electrons. The van der Waals surface area contributed by atoms with Gasteiger partial charge in [0.05, 0.1) is 4.90 Å². The van der Waals surface area contributed by atoms with Crippen molar-refractivity contribution in [2.45, 2.75) is 55.6 Å². The third kappa shape index (κ3) is 4.85. The Bertz CT molecular complexity index is 788. The lowest BCUT2D eigenvalue weighted by atomic mass is 10.2. The van der Waals surface area contributed by atoms with Crippen molar-refractivity contribution in [1.29, 1.82) is 0 Å². The van der Waals surface area contributed by atoms with Gasteiger partial charge in [0, 0.05) is 52.9 Å². The summed E-state index contributed by atoms with van der Waals surface area (Å²) in [5.74, 6) is 0.718. The molecule has 3 rings (SSSR count). The quantitative estimate of drug-likeness (QED) is 0.554. The van der Waals surface area contributed by atoms with Crippen LogP contribution in [0.2, 0.25) is 0 Å². The first kappa shape index (κ1) is 21.1. The lowest BCUT2D eigenvalue weighted by molar-refractivity contribution is 0.242. The van der Waals surface area contributed by atoms with E-state index in [-0.39, 0.29) is 0 Å². The van der Waals surface area contributed by atoms with Crippen LogP contribution in [0.4, 0.5) is 0 Å². The van der Waals surface area contributed by atoms with Crippen LogP contribution in [0, 0.1) is 0 Å². The van der Waals surface area contributed by atoms with Crippen LogP contribution in [0.5, 0.6) is 0 Å². The Labute approximate surface area is 169 Å². The molecule has 1 aromatic rings. The van der Waals surface area contributed by atoms with E-state index in [2.05, 4.69) is 20.5 Å². The molecule has 0 amide bonds. The number of guanidine groups is 1. The summed E-state index contributed by atoms with van der Waals surface area (Å²) < 4.78 is 26.4. The molecular formula is C20H33N5O2S. The molecule has 1 heterocycles. The standard InChI is InChI=1S/C20H33N5O2S/c1-21-20(23-17-12-13-25(15-17)18-9-5-6-10-18)22-14-16-8-4-7-11-19(16)28(26,27)24(2)3/h4,7-8,11,17-18H,5-6,9-10,12-15H2,1-3H3,(H2,21,22,23). The van der Waals surface area contributed by atoms with E-state index in [4.69, 9.17) is 0 Å². The zero-order chi connectivity index (χ0) is 20.1. The van der Waals surface area contributed by atoms with Crippen LogP contribution < -0.4 is 10.6 Å². The van der Waals surface area contributed by atoms with Gasteiger partial charge in [0.2, 0.25) is 10.0 Å². The van der Waals surface area contributed by atoms with E-state index in [1.54, 1.807) is 33.3 Å². The van der Waals surface area contributed by atoms with Gasteiger partial charge in [-0.05, 0) is 30.9 Å². The summed E-state index contributed by atoms with van der Waals surface area (Å²) in [4.78, 5) is 7.27. The first-order chi connectivity index (χ1) is 13.4. The Balaban J connectivity index is 1.58. The molecule has 7 nitrogen and oxygen atoms in total. The second-order valence-electron chi connectivity index (χ2n) is 7.88. The second-order valence-corrected chi connectivity index (χ2v) is 10.0. The molecule has 1 saturated heterocycles. The van der Waals surface area contributed by atoms with E-state index >= 15 is 0 Å². The summed E-state index contributed by atoms with van der Waals surface area (Å²) in [6, 6.07) is 8.24. The van der Waals surface area contributed by atoms with Crippen molar-refractivity contribution >= 4 is 16.0 Å². The summed E-state index contributed by atoms with van der Waals surface area (Å²) in [5, 5.41) is 6.79. The molecule has 2 N–H and O–H groups in total. The molecule has 8 heteroatoms. The smallest absolute Gasteiger partial charge is 0.242 e. The SMILES string of the molecule is CN=C(NCc1ccccc1S(=O)(=O)N(C)C)NC1CCN(C2CCCC2)C1. The monoisotopic (exact) mass is 407 g/mol. The molecule has 0 bridgehead atoms. The highest BCUT2D eigenvalue weighted by Crippen LogP contribution is 2.26. The number of likely N-dealkylation sites (tertiary alicyclic amines) is 1. The van der Waals surface area contributed by atoms with Gasteiger partial charge in [-0.3, -0.25) is 9.89 Å². The zero-order valence-electron chi connectivity index (χ0n) is 17.2. The van der Waals surface area contributed by atoms with Crippen LogP contribution in [0.3, 0.4) is 0 Å². The molecule has 0 aromatic heterocycles. The van der Waals surface area contributed by atoms with Crippen LogP contribution in [0.15, 0.2) is 34.2 Å². The molecule has 0 spiro atoms. The van der Waals surface area contributed by atoms with Crippen molar-refractivity contribution in [2.24, 2.45) is 4.99 Å². The Morgan fingerprint density at radius 2 is 1.93 bits per heavy atom. The van der Waals surface area contributed by atoms with Gasteiger partial charge in [-0.2, -0.15) is 0 Å². The van der Waals surface area contributed by atoms with Crippen molar-refractivity contribution in [3.05, 3.63) is 29.8 Å². The summed E-state index contributed by atoms with van der Waals surface area (Å²) in [6.07, 6.45) is 6.49. The van der Waals surface area contributed by atoms with Gasteiger partial charge in [0.25, 0.3) is 0 Å². The Morgan fingerprint density at radius 3 is 2.61 bits per heavy atom. The molecule has 28 heavy (non-hydrogen) atoms. The Hall–Kier alpha value is -1.64. The van der Waals surface area contributed by atoms with Gasteiger partial charge < -0.3 is 10.6 Å². The van der Waals surface area contributed by atoms with Crippen molar-refractivity contribution in [3.63, 3.8) is 0 Å². The summed E-state index contributed by atoms with van der Waals surface area (Å²) in [7, 11) is 1.38. The van der Waals surface area contributed by atoms with Gasteiger partial charge in [-0.25, -0.2) is 12.7 Å². The number of sulfonamides is 1. The lowest BCUT2D eigenvalue weighted by Crippen LogP contribution is -2.45. The molecule has 2 fully saturated rings. The predicted molar refractivity (Wildman–Crippen MR) is 113 cm³/mol. The number of hydrogen-bond acceptors (Lipinski definition) is 4. The van der Waals surface area contributed by atoms with Crippen LogP contribution >= 0.6 is 0 Å². The minimum atomic E-state index is -3.47. The molecule has 2 aliphatic rings. The highest BCUT2D eigenvalue weighted by molar-refractivity contribution is 7.89. The van der Waals surface area contributed by atoms with Crippen molar-refractivity contribution in [1.82, 2.24) is 19.8 Å². The average Bonchev–Trinajstić information content (AvgIpc) is 3.36. The Morgan fingerprint density at radius 1 is 1.21 bits per heavy atom. The molecule has 1 aliphatic carbocycles. The van der Waals surface area contributed by atoms with Gasteiger partial charge in [0.15, 0.2) is 5.96 Å². The van der Waals surface area contributed by atoms with E-state index in [0.717, 1.165) is 37.1 Å². The van der Waals surface area contributed by atoms with Gasteiger partial charge in [0.1, 0.15) is 0 Å². The number of hydrogen-bond donors (Lipinski definition) is 2. The van der Waals surface area contributed by atoms with Gasteiger partial charge in [-0.1, -0.05) is 31.0 Å². The van der Waals surface area contributed by atoms with Gasteiger partial charge in [-0.15, -0.1) is 0 Å². The summed E-state index contributed by atoms with van der Waals surface area (Å²) in [6.45, 7) is 2.60. The maximum Gasteiger partial charge on any atom is 0.242 e. The minimum absolute atomic E-state index is 0.330. The van der Waals surface area contributed by atoms with Crippen LogP contribution in [-0.4, -0.2) is 69.9 Å². The Kier molecular flexibility index (Phi) is 6.95. The normalized spacial score (nSPS) is 22.1. The van der Waals surface area contributed by atoms with Crippen LogP contribution in [0.1, 0.15) is 37.7 Å². The number of nitrogens with zero attached hydrogens (tertiary/aromatic N) is 3. The van der Waals surface area contributed by atoms with Crippen molar-refractivity contribution < 1.29 is 8.42 Å². The van der Waals surface area contributed by atoms with E-state index in [9.17, 15) is 8.42 Å². The number of benzene rings is 1. The topological polar surface area (TPSA) is 77.0 Å². The highest BCUT2D eigenvalue weighted by Gasteiger charge is 2.30. The summed E-state index contributed by atoms with van der Waals surface area (Å²) >= 11 is 0. The maximum atomic E-state index is 12.6. The second kappa shape index (κ2) is 9.24. The fraction of sp³-hybridized carbons (Fsp3) is 0.650. The highest BCUT2D eigenvalue weighted by atomic mass is 32.2. The van der Waals surface area contributed by atoms with E-state index < -0.39 is 10.0 Å².